The van der Waals surface area contributed by atoms with Crippen molar-refractivity contribution in [1.82, 2.24) is 4.57 Å². The minimum atomic E-state index is -0.238. The molecule has 1 heterocycles. The van der Waals surface area contributed by atoms with Gasteiger partial charge in [-0.05, 0) is 32.4 Å². The molecular weight excluding hydrogens is 278 g/mol. The third-order valence-electron chi connectivity index (χ3n) is 3.74. The maximum absolute atomic E-state index is 11.7. The van der Waals surface area contributed by atoms with Crippen LogP contribution in [0.2, 0.25) is 0 Å². The smallest absolute Gasteiger partial charge is 0.264 e. The van der Waals surface area contributed by atoms with Gasteiger partial charge in [0.05, 0.1) is 5.52 Å². The van der Waals surface area contributed by atoms with Crippen LogP contribution in [-0.2, 0) is 11.3 Å². The lowest BCUT2D eigenvalue weighted by atomic mass is 10.1. The molecule has 0 unspecified atom stereocenters. The molecule has 0 radical (unpaired) electrons. The van der Waals surface area contributed by atoms with Crippen LogP contribution in [0.3, 0.4) is 0 Å². The summed E-state index contributed by atoms with van der Waals surface area (Å²) in [4.78, 5) is 11.7. The molecule has 0 atom stereocenters. The molecule has 0 aliphatic rings. The van der Waals surface area contributed by atoms with Gasteiger partial charge in [-0.15, -0.1) is 10.2 Å². The van der Waals surface area contributed by atoms with Gasteiger partial charge < -0.3 is 9.67 Å². The number of aromatic nitrogens is 1. The van der Waals surface area contributed by atoms with Crippen molar-refractivity contribution in [2.24, 2.45) is 10.2 Å². The first-order valence-electron chi connectivity index (χ1n) is 7.84. The van der Waals surface area contributed by atoms with E-state index in [4.69, 9.17) is 0 Å². The number of carbonyl (C=O) groups is 1. The summed E-state index contributed by atoms with van der Waals surface area (Å²) < 4.78 is 1.77. The molecule has 2 aromatic rings. The van der Waals surface area contributed by atoms with Crippen LogP contribution < -0.4 is 0 Å². The molecule has 2 rings (SSSR count). The molecule has 0 aliphatic carbocycles. The van der Waals surface area contributed by atoms with Crippen LogP contribution in [0.4, 0.5) is 5.69 Å². The molecule has 0 saturated heterocycles. The average Bonchev–Trinajstić information content (AvgIpc) is 2.76. The first-order chi connectivity index (χ1) is 10.6. The maximum Gasteiger partial charge on any atom is 0.264 e. The van der Waals surface area contributed by atoms with Gasteiger partial charge in [0.25, 0.3) is 5.91 Å². The Morgan fingerprint density at radius 1 is 1.27 bits per heavy atom. The monoisotopic (exact) mass is 301 g/mol. The van der Waals surface area contributed by atoms with Crippen LogP contribution in [0, 0.1) is 6.92 Å². The maximum atomic E-state index is 11.7. The van der Waals surface area contributed by atoms with Crippen LogP contribution >= 0.6 is 0 Å². The Kier molecular flexibility index (Phi) is 5.31. The van der Waals surface area contributed by atoms with Gasteiger partial charge in [0.1, 0.15) is 0 Å². The number of amides is 1. The second-order valence-electron chi connectivity index (χ2n) is 5.49. The van der Waals surface area contributed by atoms with E-state index in [1.165, 1.54) is 0 Å². The molecule has 5 nitrogen and oxygen atoms in total. The molecule has 1 N–H and O–H groups in total. The molecular formula is C17H23N3O2. The van der Waals surface area contributed by atoms with E-state index in [0.29, 0.717) is 18.7 Å². The van der Waals surface area contributed by atoms with Crippen molar-refractivity contribution in [2.45, 2.75) is 53.0 Å². The van der Waals surface area contributed by atoms with Gasteiger partial charge >= 0.3 is 0 Å². The highest BCUT2D eigenvalue weighted by Crippen LogP contribution is 2.39. The summed E-state index contributed by atoms with van der Waals surface area (Å²) in [6.45, 7) is 6.66. The van der Waals surface area contributed by atoms with Gasteiger partial charge in [0.15, 0.2) is 5.69 Å². The Hall–Kier alpha value is -2.17. The van der Waals surface area contributed by atoms with Crippen molar-refractivity contribution >= 4 is 22.5 Å². The lowest BCUT2D eigenvalue weighted by molar-refractivity contribution is -0.118. The largest absolute Gasteiger partial charge is 0.493 e. The molecule has 0 fully saturated rings. The molecule has 22 heavy (non-hydrogen) atoms. The standard InChI is InChI=1S/C17H23N3O2/c1-4-6-7-8-15(21)18-19-16-13-11-12(3)9-10-14(13)20(5-2)17(16)22/h9-11,22H,4-8H2,1-3H3. The van der Waals surface area contributed by atoms with E-state index in [-0.39, 0.29) is 11.8 Å². The Morgan fingerprint density at radius 3 is 2.73 bits per heavy atom. The molecule has 0 aliphatic heterocycles. The highest BCUT2D eigenvalue weighted by atomic mass is 16.3. The predicted octanol–water partition coefficient (Wildman–Crippen LogP) is 4.87. The number of unbranched alkanes of at least 4 members (excludes halogenated alkanes) is 2. The van der Waals surface area contributed by atoms with Crippen LogP contribution in [0.15, 0.2) is 28.4 Å². The lowest BCUT2D eigenvalue weighted by Gasteiger charge is -2.01. The molecule has 1 aromatic carbocycles. The minimum absolute atomic E-state index is 0.0632. The first kappa shape index (κ1) is 16.2. The van der Waals surface area contributed by atoms with Crippen LogP contribution in [-0.4, -0.2) is 15.6 Å². The fraction of sp³-hybridized carbons (Fsp3) is 0.471. The van der Waals surface area contributed by atoms with Crippen LogP contribution in [0.5, 0.6) is 5.88 Å². The van der Waals surface area contributed by atoms with Gasteiger partial charge in [0, 0.05) is 18.4 Å². The normalized spacial score (nSPS) is 11.6. The van der Waals surface area contributed by atoms with E-state index < -0.39 is 0 Å². The molecule has 5 heteroatoms. The number of benzene rings is 1. The zero-order chi connectivity index (χ0) is 16.1. The van der Waals surface area contributed by atoms with Crippen molar-refractivity contribution in [3.05, 3.63) is 23.8 Å². The Bertz CT molecular complexity index is 701. The molecule has 1 amide bonds. The summed E-state index contributed by atoms with van der Waals surface area (Å²) in [5.41, 5.74) is 2.36. The fourth-order valence-corrected chi connectivity index (χ4v) is 2.54. The number of aromatic hydroxyl groups is 1. The summed E-state index contributed by atoms with van der Waals surface area (Å²) in [5, 5.41) is 18.9. The number of nitrogens with zero attached hydrogens (tertiary/aromatic N) is 3. The molecule has 0 spiro atoms. The van der Waals surface area contributed by atoms with Crippen molar-refractivity contribution in [3.63, 3.8) is 0 Å². The van der Waals surface area contributed by atoms with E-state index in [0.717, 1.165) is 35.7 Å². The Labute approximate surface area is 130 Å². The number of hydrogen-bond acceptors (Lipinski definition) is 3. The number of azo groups is 1. The predicted molar refractivity (Wildman–Crippen MR) is 87.7 cm³/mol. The van der Waals surface area contributed by atoms with E-state index in [9.17, 15) is 9.90 Å². The van der Waals surface area contributed by atoms with Gasteiger partial charge in [-0.3, -0.25) is 4.79 Å². The number of carbonyl (C=O) groups excluding carboxylic acids is 1. The van der Waals surface area contributed by atoms with Crippen molar-refractivity contribution in [1.29, 1.82) is 0 Å². The minimum Gasteiger partial charge on any atom is -0.493 e. The van der Waals surface area contributed by atoms with Crippen LogP contribution in [0.1, 0.15) is 45.1 Å². The fourth-order valence-electron chi connectivity index (χ4n) is 2.54. The number of hydrogen-bond donors (Lipinski definition) is 1. The molecule has 118 valence electrons. The quantitative estimate of drug-likeness (QED) is 0.611. The van der Waals surface area contributed by atoms with Gasteiger partial charge in [-0.2, -0.15) is 0 Å². The summed E-state index contributed by atoms with van der Waals surface area (Å²) in [5.74, 6) is -0.175. The van der Waals surface area contributed by atoms with E-state index in [1.807, 2.05) is 32.0 Å². The SMILES string of the molecule is CCCCCC(=O)N=Nc1c(O)n(CC)c2ccc(C)cc12. The van der Waals surface area contributed by atoms with Crippen molar-refractivity contribution in [3.8, 4) is 5.88 Å². The highest BCUT2D eigenvalue weighted by molar-refractivity contribution is 5.95. The summed E-state index contributed by atoms with van der Waals surface area (Å²) in [7, 11) is 0. The van der Waals surface area contributed by atoms with E-state index >= 15 is 0 Å². The lowest BCUT2D eigenvalue weighted by Crippen LogP contribution is -1.92. The van der Waals surface area contributed by atoms with Crippen molar-refractivity contribution in [2.75, 3.05) is 0 Å². The highest BCUT2D eigenvalue weighted by Gasteiger charge is 2.16. The number of aryl methyl sites for hydroxylation is 2. The zero-order valence-electron chi connectivity index (χ0n) is 13.5. The number of rotatable bonds is 6. The van der Waals surface area contributed by atoms with Gasteiger partial charge in [-0.1, -0.05) is 31.4 Å². The van der Waals surface area contributed by atoms with Gasteiger partial charge in [0.2, 0.25) is 5.88 Å². The second kappa shape index (κ2) is 7.20. The summed E-state index contributed by atoms with van der Waals surface area (Å²) in [6, 6.07) is 5.90. The van der Waals surface area contributed by atoms with Crippen molar-refractivity contribution < 1.29 is 9.90 Å². The molecule has 1 aromatic heterocycles. The van der Waals surface area contributed by atoms with E-state index in [1.54, 1.807) is 4.57 Å². The molecule has 0 bridgehead atoms. The number of fused-ring (bicyclic) bond motifs is 1. The van der Waals surface area contributed by atoms with Crippen LogP contribution in [0.25, 0.3) is 10.9 Å². The zero-order valence-corrected chi connectivity index (χ0v) is 13.5. The molecule has 0 saturated carbocycles. The average molecular weight is 301 g/mol. The third-order valence-corrected chi connectivity index (χ3v) is 3.74. The first-order valence-corrected chi connectivity index (χ1v) is 7.84. The summed E-state index contributed by atoms with van der Waals surface area (Å²) >= 11 is 0. The third kappa shape index (κ3) is 3.35. The summed E-state index contributed by atoms with van der Waals surface area (Å²) in [6.07, 6.45) is 3.31. The topological polar surface area (TPSA) is 66.9 Å². The Morgan fingerprint density at radius 2 is 2.05 bits per heavy atom. The van der Waals surface area contributed by atoms with E-state index in [2.05, 4.69) is 17.2 Å². The van der Waals surface area contributed by atoms with Gasteiger partial charge in [-0.25, -0.2) is 0 Å². The second-order valence-corrected chi connectivity index (χ2v) is 5.49. The Balaban J connectivity index is 2.32.